The standard InChI is InChI=1S/C25H27NO2/c1-26(2)24-16-19-14-9-15-25(19,28)23(24)22(27)20(17-10-5-3-6-11-17)21(24)18-12-7-4-8-13-18/h3-8,10-13,19,23,28H,9,14-16H2,1-2H3/t19-,23-,24-,25+/m0/s1. The number of ketones is 1. The second-order valence-corrected chi connectivity index (χ2v) is 8.88. The van der Waals surface area contributed by atoms with E-state index in [0.717, 1.165) is 48.0 Å². The fourth-order valence-electron chi connectivity index (χ4n) is 6.38. The first-order valence-electron chi connectivity index (χ1n) is 10.3. The molecule has 5 rings (SSSR count). The molecule has 0 spiro atoms. The van der Waals surface area contributed by atoms with Gasteiger partial charge in [-0.1, -0.05) is 67.1 Å². The highest BCUT2D eigenvalue weighted by molar-refractivity contribution is 6.34. The molecule has 0 amide bonds. The number of likely N-dealkylation sites (N-methyl/N-ethyl adjacent to an activating group) is 1. The first-order chi connectivity index (χ1) is 13.5. The zero-order valence-electron chi connectivity index (χ0n) is 16.6. The third-order valence-corrected chi connectivity index (χ3v) is 7.49. The van der Waals surface area contributed by atoms with E-state index in [1.54, 1.807) is 0 Å². The molecule has 3 heteroatoms. The number of carbonyl (C=O) groups excluding carboxylic acids is 1. The highest BCUT2D eigenvalue weighted by Gasteiger charge is 2.71. The average molecular weight is 373 g/mol. The van der Waals surface area contributed by atoms with Crippen LogP contribution in [0.3, 0.4) is 0 Å². The zero-order chi connectivity index (χ0) is 19.5. The maximum atomic E-state index is 14.0. The molecule has 2 aromatic carbocycles. The van der Waals surface area contributed by atoms with Crippen molar-refractivity contribution in [1.82, 2.24) is 4.90 Å². The molecule has 0 unspecified atom stereocenters. The largest absolute Gasteiger partial charge is 0.389 e. The van der Waals surface area contributed by atoms with Gasteiger partial charge < -0.3 is 5.11 Å². The molecule has 0 heterocycles. The second kappa shape index (κ2) is 6.13. The van der Waals surface area contributed by atoms with Crippen molar-refractivity contribution < 1.29 is 9.90 Å². The lowest BCUT2D eigenvalue weighted by molar-refractivity contribution is -0.128. The molecular weight excluding hydrogens is 346 g/mol. The molecule has 0 aliphatic heterocycles. The molecule has 1 N–H and O–H groups in total. The van der Waals surface area contributed by atoms with Crippen LogP contribution >= 0.6 is 0 Å². The van der Waals surface area contributed by atoms with Gasteiger partial charge in [0.25, 0.3) is 0 Å². The zero-order valence-corrected chi connectivity index (χ0v) is 16.6. The smallest absolute Gasteiger partial charge is 0.172 e. The first kappa shape index (κ1) is 17.8. The van der Waals surface area contributed by atoms with E-state index in [4.69, 9.17) is 0 Å². The lowest BCUT2D eigenvalue weighted by atomic mass is 9.76. The van der Waals surface area contributed by atoms with Gasteiger partial charge in [0.05, 0.1) is 17.1 Å². The molecule has 28 heavy (non-hydrogen) atoms. The van der Waals surface area contributed by atoms with Crippen molar-refractivity contribution in [3.8, 4) is 0 Å². The van der Waals surface area contributed by atoms with Gasteiger partial charge in [-0.25, -0.2) is 0 Å². The Kier molecular flexibility index (Phi) is 3.91. The number of nitrogens with zero attached hydrogens (tertiary/aromatic N) is 1. The Balaban J connectivity index is 1.83. The summed E-state index contributed by atoms with van der Waals surface area (Å²) >= 11 is 0. The molecule has 2 saturated carbocycles. The summed E-state index contributed by atoms with van der Waals surface area (Å²) in [5.41, 5.74) is 2.60. The van der Waals surface area contributed by atoms with Crippen molar-refractivity contribution in [2.45, 2.75) is 36.8 Å². The Bertz CT molecular complexity index is 949. The predicted octanol–water partition coefficient (Wildman–Crippen LogP) is 4.03. The maximum absolute atomic E-state index is 14.0. The molecule has 0 bridgehead atoms. The predicted molar refractivity (Wildman–Crippen MR) is 112 cm³/mol. The SMILES string of the molecule is CN(C)[C@]12C[C@@H]3CCC[C@]3(O)[C@H]1C(=O)C(c1ccccc1)=C2c1ccccc1. The molecule has 0 saturated heterocycles. The Labute approximate surface area is 166 Å². The molecule has 2 aromatic rings. The van der Waals surface area contributed by atoms with Crippen LogP contribution in [0, 0.1) is 11.8 Å². The minimum atomic E-state index is -0.891. The fraction of sp³-hybridized carbons (Fsp3) is 0.400. The van der Waals surface area contributed by atoms with E-state index in [0.29, 0.717) is 0 Å². The van der Waals surface area contributed by atoms with Crippen LogP contribution in [0.25, 0.3) is 11.1 Å². The average Bonchev–Trinajstić information content (AvgIpc) is 3.27. The molecular formula is C25H27NO2. The molecule has 0 aromatic heterocycles. The van der Waals surface area contributed by atoms with Gasteiger partial charge in [-0.15, -0.1) is 0 Å². The van der Waals surface area contributed by atoms with Crippen LogP contribution in [0.4, 0.5) is 0 Å². The Morgan fingerprint density at radius 1 is 0.964 bits per heavy atom. The third kappa shape index (κ3) is 2.15. The van der Waals surface area contributed by atoms with E-state index < -0.39 is 17.1 Å². The van der Waals surface area contributed by atoms with E-state index in [1.807, 2.05) is 48.5 Å². The molecule has 3 aliphatic rings. The van der Waals surface area contributed by atoms with Crippen molar-refractivity contribution in [1.29, 1.82) is 0 Å². The van der Waals surface area contributed by atoms with Crippen molar-refractivity contribution in [3.05, 3.63) is 71.8 Å². The van der Waals surface area contributed by atoms with Crippen molar-refractivity contribution in [2.75, 3.05) is 14.1 Å². The van der Waals surface area contributed by atoms with E-state index in [-0.39, 0.29) is 11.7 Å². The van der Waals surface area contributed by atoms with E-state index in [9.17, 15) is 9.90 Å². The van der Waals surface area contributed by atoms with Gasteiger partial charge in [-0.2, -0.15) is 0 Å². The number of Topliss-reactive ketones (excluding diaryl/α,β-unsaturated/α-hetero) is 1. The van der Waals surface area contributed by atoms with Crippen molar-refractivity contribution in [2.24, 2.45) is 11.8 Å². The van der Waals surface area contributed by atoms with Crippen LogP contribution in [0.5, 0.6) is 0 Å². The normalized spacial score (nSPS) is 34.2. The number of fused-ring (bicyclic) bond motifs is 3. The lowest BCUT2D eigenvalue weighted by Crippen LogP contribution is -2.52. The quantitative estimate of drug-likeness (QED) is 0.883. The summed E-state index contributed by atoms with van der Waals surface area (Å²) in [6.45, 7) is 0. The topological polar surface area (TPSA) is 40.5 Å². The highest BCUT2D eigenvalue weighted by Crippen LogP contribution is 2.66. The van der Waals surface area contributed by atoms with Gasteiger partial charge >= 0.3 is 0 Å². The number of hydrogen-bond donors (Lipinski definition) is 1. The lowest BCUT2D eigenvalue weighted by Gasteiger charge is -2.41. The molecule has 3 aliphatic carbocycles. The van der Waals surface area contributed by atoms with Crippen LogP contribution < -0.4 is 0 Å². The number of carbonyl (C=O) groups is 1. The number of allylic oxidation sites excluding steroid dienone is 1. The van der Waals surface area contributed by atoms with E-state index >= 15 is 0 Å². The Morgan fingerprint density at radius 2 is 1.57 bits per heavy atom. The molecule has 3 nitrogen and oxygen atoms in total. The number of aliphatic hydroxyl groups is 1. The fourth-order valence-corrected chi connectivity index (χ4v) is 6.38. The van der Waals surface area contributed by atoms with Crippen LogP contribution in [0.2, 0.25) is 0 Å². The molecule has 0 radical (unpaired) electrons. The van der Waals surface area contributed by atoms with Crippen molar-refractivity contribution in [3.63, 3.8) is 0 Å². The van der Waals surface area contributed by atoms with Gasteiger partial charge in [0, 0.05) is 5.57 Å². The first-order valence-corrected chi connectivity index (χ1v) is 10.3. The van der Waals surface area contributed by atoms with Crippen molar-refractivity contribution >= 4 is 16.9 Å². The van der Waals surface area contributed by atoms with Gasteiger partial charge in [-0.05, 0) is 56.0 Å². The van der Waals surface area contributed by atoms with Crippen LogP contribution in [-0.2, 0) is 4.79 Å². The van der Waals surface area contributed by atoms with Crippen LogP contribution in [0.1, 0.15) is 36.8 Å². The minimum Gasteiger partial charge on any atom is -0.389 e. The summed E-state index contributed by atoms with van der Waals surface area (Å²) in [6, 6.07) is 20.3. The molecule has 144 valence electrons. The second-order valence-electron chi connectivity index (χ2n) is 8.88. The summed E-state index contributed by atoms with van der Waals surface area (Å²) < 4.78 is 0. The summed E-state index contributed by atoms with van der Waals surface area (Å²) in [5, 5.41) is 11.7. The van der Waals surface area contributed by atoms with Gasteiger partial charge in [0.1, 0.15) is 0 Å². The van der Waals surface area contributed by atoms with Gasteiger partial charge in [0.15, 0.2) is 5.78 Å². The summed E-state index contributed by atoms with van der Waals surface area (Å²) in [6.07, 6.45) is 3.59. The van der Waals surface area contributed by atoms with Gasteiger partial charge in [0.2, 0.25) is 0 Å². The monoisotopic (exact) mass is 373 g/mol. The molecule has 4 atom stereocenters. The van der Waals surface area contributed by atoms with Crippen LogP contribution in [0.15, 0.2) is 60.7 Å². The summed E-state index contributed by atoms with van der Waals surface area (Å²) in [4.78, 5) is 16.2. The van der Waals surface area contributed by atoms with Crippen LogP contribution in [-0.4, -0.2) is 41.0 Å². The van der Waals surface area contributed by atoms with E-state index in [2.05, 4.69) is 31.1 Å². The Morgan fingerprint density at radius 3 is 2.18 bits per heavy atom. The highest BCUT2D eigenvalue weighted by atomic mass is 16.3. The third-order valence-electron chi connectivity index (χ3n) is 7.49. The number of benzene rings is 2. The Hall–Kier alpha value is -2.23. The maximum Gasteiger partial charge on any atom is 0.172 e. The van der Waals surface area contributed by atoms with E-state index in [1.165, 1.54) is 0 Å². The summed E-state index contributed by atoms with van der Waals surface area (Å²) in [5.74, 6) is -0.0848. The number of hydrogen-bond acceptors (Lipinski definition) is 3. The number of rotatable bonds is 3. The molecule has 2 fully saturated rings. The van der Waals surface area contributed by atoms with Gasteiger partial charge in [-0.3, -0.25) is 9.69 Å². The summed E-state index contributed by atoms with van der Waals surface area (Å²) in [7, 11) is 4.14. The minimum absolute atomic E-state index is 0.116.